The van der Waals surface area contributed by atoms with Crippen LogP contribution in [0.2, 0.25) is 0 Å². The molecule has 1 aromatic rings. The van der Waals surface area contributed by atoms with E-state index in [9.17, 15) is 5.11 Å². The summed E-state index contributed by atoms with van der Waals surface area (Å²) in [6.07, 6.45) is 0. The Morgan fingerprint density at radius 1 is 1.38 bits per heavy atom. The van der Waals surface area contributed by atoms with Crippen LogP contribution in [0.5, 0.6) is 5.75 Å². The van der Waals surface area contributed by atoms with Crippen LogP contribution in [-0.2, 0) is 5.88 Å². The Hall–Kier alpha value is -0.690. The smallest absolute Gasteiger partial charge is 0.123 e. The summed E-state index contributed by atoms with van der Waals surface area (Å²) >= 11 is 5.75. The minimum atomic E-state index is 0.336. The summed E-state index contributed by atoms with van der Waals surface area (Å²) in [5.74, 6) is 1.07. The molecule has 0 fully saturated rings. The van der Waals surface area contributed by atoms with E-state index in [0.717, 1.165) is 16.7 Å². The van der Waals surface area contributed by atoms with Crippen LogP contribution in [0, 0.1) is 6.92 Å². The first-order valence-corrected chi connectivity index (χ1v) is 4.98. The molecule has 0 spiro atoms. The number of halogens is 1. The van der Waals surface area contributed by atoms with Gasteiger partial charge in [0.25, 0.3) is 0 Å². The lowest BCUT2D eigenvalue weighted by Crippen LogP contribution is -1.94. The molecule has 0 atom stereocenters. The molecule has 0 aromatic heterocycles. The third-order valence-corrected chi connectivity index (χ3v) is 2.57. The molecule has 1 rings (SSSR count). The Morgan fingerprint density at radius 3 is 2.46 bits per heavy atom. The molecule has 2 heteroatoms. The average Bonchev–Trinajstić information content (AvgIpc) is 2.04. The summed E-state index contributed by atoms with van der Waals surface area (Å²) in [4.78, 5) is 0. The highest BCUT2D eigenvalue weighted by atomic mass is 35.5. The van der Waals surface area contributed by atoms with Gasteiger partial charge in [-0.15, -0.1) is 11.6 Å². The Labute approximate surface area is 84.4 Å². The van der Waals surface area contributed by atoms with E-state index in [4.69, 9.17) is 11.6 Å². The van der Waals surface area contributed by atoms with E-state index < -0.39 is 0 Å². The van der Waals surface area contributed by atoms with Crippen molar-refractivity contribution in [2.75, 3.05) is 0 Å². The van der Waals surface area contributed by atoms with Gasteiger partial charge in [-0.2, -0.15) is 0 Å². The van der Waals surface area contributed by atoms with E-state index in [1.54, 1.807) is 0 Å². The summed E-state index contributed by atoms with van der Waals surface area (Å²) < 4.78 is 0. The standard InChI is InChI=1S/C11H15ClO/c1-7(2)9-5-4-8(3)10(6-12)11(9)13/h4-5,7,13H,6H2,1-3H3. The Morgan fingerprint density at radius 2 is 2.00 bits per heavy atom. The zero-order valence-corrected chi connectivity index (χ0v) is 9.02. The fourth-order valence-corrected chi connectivity index (χ4v) is 1.73. The molecule has 0 heterocycles. The van der Waals surface area contributed by atoms with Crippen molar-refractivity contribution >= 4 is 11.6 Å². The van der Waals surface area contributed by atoms with Crippen LogP contribution >= 0.6 is 11.6 Å². The number of hydrogen-bond acceptors (Lipinski definition) is 1. The van der Waals surface area contributed by atoms with Crippen LogP contribution in [0.3, 0.4) is 0 Å². The second-order valence-electron chi connectivity index (χ2n) is 3.59. The first-order chi connectivity index (χ1) is 6.07. The number of phenols is 1. The van der Waals surface area contributed by atoms with Crippen molar-refractivity contribution in [3.8, 4) is 5.75 Å². The highest BCUT2D eigenvalue weighted by Gasteiger charge is 2.11. The minimum Gasteiger partial charge on any atom is -0.507 e. The van der Waals surface area contributed by atoms with Crippen molar-refractivity contribution < 1.29 is 5.11 Å². The molecule has 0 saturated heterocycles. The van der Waals surface area contributed by atoms with Crippen LogP contribution in [0.1, 0.15) is 36.5 Å². The number of phenolic OH excluding ortho intramolecular Hbond substituents is 1. The Kier molecular flexibility index (Phi) is 3.21. The SMILES string of the molecule is Cc1ccc(C(C)C)c(O)c1CCl. The molecular weight excluding hydrogens is 184 g/mol. The van der Waals surface area contributed by atoms with Crippen molar-refractivity contribution in [2.24, 2.45) is 0 Å². The molecule has 0 aliphatic carbocycles. The highest BCUT2D eigenvalue weighted by molar-refractivity contribution is 6.17. The zero-order valence-electron chi connectivity index (χ0n) is 8.26. The molecule has 0 aliphatic rings. The minimum absolute atomic E-state index is 0.336. The molecule has 72 valence electrons. The van der Waals surface area contributed by atoms with Crippen LogP contribution in [0.25, 0.3) is 0 Å². The molecule has 0 saturated carbocycles. The van der Waals surface area contributed by atoms with Gasteiger partial charge in [-0.05, 0) is 24.0 Å². The van der Waals surface area contributed by atoms with Crippen molar-refractivity contribution in [2.45, 2.75) is 32.6 Å². The number of benzene rings is 1. The molecule has 0 bridgehead atoms. The maximum atomic E-state index is 9.86. The monoisotopic (exact) mass is 198 g/mol. The summed E-state index contributed by atoms with van der Waals surface area (Å²) in [5.41, 5.74) is 2.88. The number of alkyl halides is 1. The van der Waals surface area contributed by atoms with Gasteiger partial charge in [-0.25, -0.2) is 0 Å². The number of aromatic hydroxyl groups is 1. The maximum absolute atomic E-state index is 9.86. The summed E-state index contributed by atoms with van der Waals surface area (Å²) in [7, 11) is 0. The van der Waals surface area contributed by atoms with Crippen molar-refractivity contribution in [1.82, 2.24) is 0 Å². The lowest BCUT2D eigenvalue weighted by Gasteiger charge is -2.13. The van der Waals surface area contributed by atoms with Gasteiger partial charge in [0.2, 0.25) is 0 Å². The summed E-state index contributed by atoms with van der Waals surface area (Å²) in [6.45, 7) is 6.08. The third kappa shape index (κ3) is 1.97. The summed E-state index contributed by atoms with van der Waals surface area (Å²) in [6, 6.07) is 3.97. The van der Waals surface area contributed by atoms with E-state index in [1.807, 2.05) is 19.1 Å². The predicted octanol–water partition coefficient (Wildman–Crippen LogP) is 3.56. The zero-order chi connectivity index (χ0) is 10.0. The highest BCUT2D eigenvalue weighted by Crippen LogP contribution is 2.31. The largest absolute Gasteiger partial charge is 0.507 e. The van der Waals surface area contributed by atoms with Crippen LogP contribution < -0.4 is 0 Å². The fraction of sp³-hybridized carbons (Fsp3) is 0.455. The summed E-state index contributed by atoms with van der Waals surface area (Å²) in [5, 5.41) is 9.86. The molecule has 13 heavy (non-hydrogen) atoms. The Bertz CT molecular complexity index is 305. The lowest BCUT2D eigenvalue weighted by atomic mass is 9.97. The van der Waals surface area contributed by atoms with Gasteiger partial charge in [0.05, 0.1) is 5.88 Å². The second kappa shape index (κ2) is 4.01. The van der Waals surface area contributed by atoms with E-state index in [0.29, 0.717) is 17.5 Å². The quantitative estimate of drug-likeness (QED) is 0.721. The molecule has 1 aromatic carbocycles. The fourth-order valence-electron chi connectivity index (χ4n) is 1.39. The van der Waals surface area contributed by atoms with Crippen molar-refractivity contribution in [3.05, 3.63) is 28.8 Å². The topological polar surface area (TPSA) is 20.2 Å². The molecule has 1 N–H and O–H groups in total. The number of hydrogen-bond donors (Lipinski definition) is 1. The van der Waals surface area contributed by atoms with Gasteiger partial charge in [0.1, 0.15) is 5.75 Å². The van der Waals surface area contributed by atoms with Gasteiger partial charge < -0.3 is 5.11 Å². The second-order valence-corrected chi connectivity index (χ2v) is 3.85. The van der Waals surface area contributed by atoms with E-state index in [-0.39, 0.29) is 0 Å². The van der Waals surface area contributed by atoms with Gasteiger partial charge in [0.15, 0.2) is 0 Å². The molecule has 0 amide bonds. The number of rotatable bonds is 2. The molecule has 1 nitrogen and oxygen atoms in total. The van der Waals surface area contributed by atoms with E-state index >= 15 is 0 Å². The van der Waals surface area contributed by atoms with E-state index in [2.05, 4.69) is 13.8 Å². The van der Waals surface area contributed by atoms with Crippen LogP contribution in [0.15, 0.2) is 12.1 Å². The molecule has 0 aliphatic heterocycles. The maximum Gasteiger partial charge on any atom is 0.123 e. The van der Waals surface area contributed by atoms with Crippen LogP contribution in [-0.4, -0.2) is 5.11 Å². The first kappa shape index (κ1) is 10.4. The van der Waals surface area contributed by atoms with Gasteiger partial charge in [-0.3, -0.25) is 0 Å². The molecule has 0 radical (unpaired) electrons. The van der Waals surface area contributed by atoms with Crippen molar-refractivity contribution in [3.63, 3.8) is 0 Å². The lowest BCUT2D eigenvalue weighted by molar-refractivity contribution is 0.459. The van der Waals surface area contributed by atoms with Crippen molar-refractivity contribution in [1.29, 1.82) is 0 Å². The van der Waals surface area contributed by atoms with Crippen LogP contribution in [0.4, 0.5) is 0 Å². The number of aryl methyl sites for hydroxylation is 1. The molecular formula is C11H15ClO. The van der Waals surface area contributed by atoms with Gasteiger partial charge >= 0.3 is 0 Å². The third-order valence-electron chi connectivity index (χ3n) is 2.30. The van der Waals surface area contributed by atoms with Gasteiger partial charge in [-0.1, -0.05) is 26.0 Å². The Balaban J connectivity index is 3.27. The predicted molar refractivity (Wildman–Crippen MR) is 56.5 cm³/mol. The normalized spacial score (nSPS) is 10.8. The molecule has 0 unspecified atom stereocenters. The van der Waals surface area contributed by atoms with Gasteiger partial charge in [0, 0.05) is 5.56 Å². The average molecular weight is 199 g/mol. The first-order valence-electron chi connectivity index (χ1n) is 4.45. The van der Waals surface area contributed by atoms with E-state index in [1.165, 1.54) is 0 Å².